The number of aryl methyl sites for hydroxylation is 1. The van der Waals surface area contributed by atoms with Crippen LogP contribution in [0.2, 0.25) is 0 Å². The van der Waals surface area contributed by atoms with Gasteiger partial charge in [0, 0.05) is 17.1 Å². The number of fused-ring (bicyclic) bond motifs is 1. The molecule has 1 aromatic heterocycles. The summed E-state index contributed by atoms with van der Waals surface area (Å²) in [7, 11) is 0. The highest BCUT2D eigenvalue weighted by Gasteiger charge is 2.11. The Kier molecular flexibility index (Phi) is 6.04. The standard InChI is InChI=1S/C28H25NO3/c1-18(2)21-11-8-20(9-12-21)10-15-27(30)29-23-13-14-24(19(3)16-23)25-17-22-6-4-5-7-26(22)32-28(25)31/h4-18H,1-3H3,(H,29,30)/b15-10+. The highest BCUT2D eigenvalue weighted by molar-refractivity contribution is 6.02. The number of carbonyl (C=O) groups is 1. The molecule has 3 aromatic carbocycles. The van der Waals surface area contributed by atoms with Gasteiger partial charge < -0.3 is 9.73 Å². The number of benzene rings is 3. The molecule has 160 valence electrons. The average molecular weight is 424 g/mol. The first-order valence-electron chi connectivity index (χ1n) is 10.6. The molecule has 0 aliphatic carbocycles. The summed E-state index contributed by atoms with van der Waals surface area (Å²) < 4.78 is 5.46. The zero-order chi connectivity index (χ0) is 22.7. The largest absolute Gasteiger partial charge is 0.422 e. The SMILES string of the molecule is Cc1cc(NC(=O)/C=C/c2ccc(C(C)C)cc2)ccc1-c1cc2ccccc2oc1=O. The van der Waals surface area contributed by atoms with Crippen LogP contribution >= 0.6 is 0 Å². The Morgan fingerprint density at radius 2 is 1.69 bits per heavy atom. The van der Waals surface area contributed by atoms with E-state index in [1.165, 1.54) is 11.6 Å². The molecule has 0 atom stereocenters. The van der Waals surface area contributed by atoms with Gasteiger partial charge in [-0.05, 0) is 65.4 Å². The van der Waals surface area contributed by atoms with Crippen molar-refractivity contribution in [2.24, 2.45) is 0 Å². The van der Waals surface area contributed by atoms with E-state index in [0.29, 0.717) is 22.8 Å². The molecule has 32 heavy (non-hydrogen) atoms. The number of hydrogen-bond acceptors (Lipinski definition) is 3. The van der Waals surface area contributed by atoms with Crippen LogP contribution in [0.5, 0.6) is 0 Å². The molecular weight excluding hydrogens is 398 g/mol. The lowest BCUT2D eigenvalue weighted by atomic mass is 10.0. The maximum absolute atomic E-state index is 12.5. The number of amides is 1. The molecule has 0 saturated carbocycles. The van der Waals surface area contributed by atoms with E-state index >= 15 is 0 Å². The lowest BCUT2D eigenvalue weighted by Gasteiger charge is -2.09. The maximum Gasteiger partial charge on any atom is 0.344 e. The van der Waals surface area contributed by atoms with E-state index in [0.717, 1.165) is 22.1 Å². The summed E-state index contributed by atoms with van der Waals surface area (Å²) in [6.07, 6.45) is 3.31. The zero-order valence-corrected chi connectivity index (χ0v) is 18.4. The lowest BCUT2D eigenvalue weighted by Crippen LogP contribution is -2.08. The molecule has 4 heteroatoms. The van der Waals surface area contributed by atoms with Gasteiger partial charge in [-0.3, -0.25) is 4.79 Å². The van der Waals surface area contributed by atoms with Gasteiger partial charge in [-0.25, -0.2) is 4.79 Å². The quantitative estimate of drug-likeness (QED) is 0.293. The van der Waals surface area contributed by atoms with Crippen molar-refractivity contribution in [2.75, 3.05) is 5.32 Å². The van der Waals surface area contributed by atoms with E-state index in [9.17, 15) is 9.59 Å². The van der Waals surface area contributed by atoms with E-state index < -0.39 is 0 Å². The van der Waals surface area contributed by atoms with Crippen molar-refractivity contribution in [1.29, 1.82) is 0 Å². The van der Waals surface area contributed by atoms with Gasteiger partial charge in [0.15, 0.2) is 0 Å². The molecule has 0 aliphatic rings. The van der Waals surface area contributed by atoms with Crippen LogP contribution in [0.25, 0.3) is 28.2 Å². The van der Waals surface area contributed by atoms with Crippen LogP contribution in [-0.2, 0) is 4.79 Å². The Labute approximate surface area is 187 Å². The molecule has 1 N–H and O–H groups in total. The number of hydrogen-bond donors (Lipinski definition) is 1. The topological polar surface area (TPSA) is 59.3 Å². The van der Waals surface area contributed by atoms with Crippen molar-refractivity contribution in [3.05, 3.63) is 106 Å². The molecule has 0 radical (unpaired) electrons. The van der Waals surface area contributed by atoms with Gasteiger partial charge in [0.1, 0.15) is 5.58 Å². The Morgan fingerprint density at radius 3 is 2.41 bits per heavy atom. The summed E-state index contributed by atoms with van der Waals surface area (Å²) >= 11 is 0. The molecule has 0 aliphatic heterocycles. The van der Waals surface area contributed by atoms with Crippen molar-refractivity contribution in [1.82, 2.24) is 0 Å². The number of para-hydroxylation sites is 1. The van der Waals surface area contributed by atoms with Gasteiger partial charge >= 0.3 is 5.63 Å². The number of nitrogens with one attached hydrogen (secondary N) is 1. The van der Waals surface area contributed by atoms with Crippen molar-refractivity contribution >= 4 is 28.6 Å². The third kappa shape index (κ3) is 4.70. The minimum absolute atomic E-state index is 0.213. The van der Waals surface area contributed by atoms with Crippen LogP contribution in [0.4, 0.5) is 5.69 Å². The summed E-state index contributed by atoms with van der Waals surface area (Å²) in [5.41, 5.74) is 5.25. The van der Waals surface area contributed by atoms with Crippen molar-refractivity contribution in [3.63, 3.8) is 0 Å². The molecule has 0 spiro atoms. The van der Waals surface area contributed by atoms with Crippen molar-refractivity contribution in [3.8, 4) is 11.1 Å². The van der Waals surface area contributed by atoms with E-state index in [1.54, 1.807) is 18.2 Å². The van der Waals surface area contributed by atoms with Crippen LogP contribution in [0.15, 0.2) is 88.1 Å². The minimum atomic E-state index is -0.380. The first-order chi connectivity index (χ1) is 15.4. The first-order valence-corrected chi connectivity index (χ1v) is 10.6. The van der Waals surface area contributed by atoms with Crippen LogP contribution in [0.1, 0.15) is 36.5 Å². The summed E-state index contributed by atoms with van der Waals surface area (Å²) in [6.45, 7) is 6.21. The fourth-order valence-electron chi connectivity index (χ4n) is 3.64. The number of rotatable bonds is 5. The van der Waals surface area contributed by atoms with Crippen molar-refractivity contribution in [2.45, 2.75) is 26.7 Å². The number of anilines is 1. The summed E-state index contributed by atoms with van der Waals surface area (Å²) in [6, 6.07) is 22.9. The van der Waals surface area contributed by atoms with E-state index in [1.807, 2.05) is 55.5 Å². The van der Waals surface area contributed by atoms with E-state index in [4.69, 9.17) is 4.42 Å². The molecule has 0 fully saturated rings. The molecular formula is C28H25NO3. The average Bonchev–Trinajstić information content (AvgIpc) is 2.78. The van der Waals surface area contributed by atoms with Crippen LogP contribution < -0.4 is 10.9 Å². The highest BCUT2D eigenvalue weighted by Crippen LogP contribution is 2.26. The second-order valence-corrected chi connectivity index (χ2v) is 8.16. The monoisotopic (exact) mass is 423 g/mol. The molecule has 0 unspecified atom stereocenters. The predicted octanol–water partition coefficient (Wildman–Crippen LogP) is 6.54. The third-order valence-corrected chi connectivity index (χ3v) is 5.46. The Hall–Kier alpha value is -3.92. The van der Waals surface area contributed by atoms with Crippen LogP contribution in [-0.4, -0.2) is 5.91 Å². The Morgan fingerprint density at radius 1 is 0.938 bits per heavy atom. The normalized spacial score (nSPS) is 11.4. The molecule has 0 bridgehead atoms. The third-order valence-electron chi connectivity index (χ3n) is 5.46. The van der Waals surface area contributed by atoms with Gasteiger partial charge in [-0.2, -0.15) is 0 Å². The molecule has 4 aromatic rings. The summed E-state index contributed by atoms with van der Waals surface area (Å²) in [5, 5.41) is 3.74. The second-order valence-electron chi connectivity index (χ2n) is 8.16. The first kappa shape index (κ1) is 21.3. The maximum atomic E-state index is 12.5. The minimum Gasteiger partial charge on any atom is -0.422 e. The molecule has 1 amide bonds. The Bertz CT molecular complexity index is 1360. The fraction of sp³-hybridized carbons (Fsp3) is 0.143. The van der Waals surface area contributed by atoms with Crippen LogP contribution in [0, 0.1) is 6.92 Å². The predicted molar refractivity (Wildman–Crippen MR) is 131 cm³/mol. The van der Waals surface area contributed by atoms with Gasteiger partial charge in [0.05, 0.1) is 5.56 Å². The van der Waals surface area contributed by atoms with E-state index in [-0.39, 0.29) is 11.5 Å². The molecule has 1 heterocycles. The lowest BCUT2D eigenvalue weighted by molar-refractivity contribution is -0.111. The van der Waals surface area contributed by atoms with Gasteiger partial charge in [0.2, 0.25) is 5.91 Å². The van der Waals surface area contributed by atoms with Gasteiger partial charge in [0.25, 0.3) is 0 Å². The fourth-order valence-corrected chi connectivity index (χ4v) is 3.64. The van der Waals surface area contributed by atoms with Crippen LogP contribution in [0.3, 0.4) is 0 Å². The molecule has 4 nitrogen and oxygen atoms in total. The molecule has 4 rings (SSSR count). The zero-order valence-electron chi connectivity index (χ0n) is 18.4. The second kappa shape index (κ2) is 9.06. The summed E-state index contributed by atoms with van der Waals surface area (Å²) in [4.78, 5) is 24.8. The molecule has 0 saturated heterocycles. The Balaban J connectivity index is 1.50. The highest BCUT2D eigenvalue weighted by atomic mass is 16.4. The van der Waals surface area contributed by atoms with E-state index in [2.05, 4.69) is 31.3 Å². The van der Waals surface area contributed by atoms with Gasteiger partial charge in [-0.15, -0.1) is 0 Å². The smallest absolute Gasteiger partial charge is 0.344 e. The number of carbonyl (C=O) groups excluding carboxylic acids is 1. The van der Waals surface area contributed by atoms with Gasteiger partial charge in [-0.1, -0.05) is 62.4 Å². The van der Waals surface area contributed by atoms with Crippen molar-refractivity contribution < 1.29 is 9.21 Å². The summed E-state index contributed by atoms with van der Waals surface area (Å²) in [5.74, 6) is 0.263.